The lowest BCUT2D eigenvalue weighted by atomic mass is 10.1. The quantitative estimate of drug-likeness (QED) is 0.714. The summed E-state index contributed by atoms with van der Waals surface area (Å²) >= 11 is 1.41. The van der Waals surface area contributed by atoms with E-state index in [0.29, 0.717) is 0 Å². The van der Waals surface area contributed by atoms with Gasteiger partial charge in [-0.1, -0.05) is 16.5 Å². The molecule has 5 heteroatoms. The van der Waals surface area contributed by atoms with Crippen LogP contribution in [0.4, 0.5) is 0 Å². The van der Waals surface area contributed by atoms with E-state index in [2.05, 4.69) is 10.9 Å². The zero-order valence-corrected chi connectivity index (χ0v) is 8.71. The van der Waals surface area contributed by atoms with Crippen molar-refractivity contribution in [2.24, 2.45) is 5.14 Å². The van der Waals surface area contributed by atoms with Crippen molar-refractivity contribution in [3.63, 3.8) is 0 Å². The van der Waals surface area contributed by atoms with Crippen LogP contribution in [-0.4, -0.2) is 16.0 Å². The first-order valence-electron chi connectivity index (χ1n) is 3.38. The Bertz CT molecular complexity index is 301. The van der Waals surface area contributed by atoms with Crippen molar-refractivity contribution in [2.75, 3.05) is 0 Å². The topological polar surface area (TPSA) is 59.1 Å². The molecule has 0 saturated carbocycles. The Morgan fingerprint density at radius 3 is 2.58 bits per heavy atom. The van der Waals surface area contributed by atoms with Gasteiger partial charge in [0.15, 0.2) is 4.34 Å². The first-order valence-corrected chi connectivity index (χ1v) is 5.65. The van der Waals surface area contributed by atoms with E-state index in [0.717, 1.165) is 9.22 Å². The van der Waals surface area contributed by atoms with Gasteiger partial charge >= 0.3 is 0 Å². The summed E-state index contributed by atoms with van der Waals surface area (Å²) in [4.78, 5) is 4.89. The molecule has 0 bridgehead atoms. The van der Waals surface area contributed by atoms with Gasteiger partial charge in [0.2, 0.25) is 0 Å². The predicted molar refractivity (Wildman–Crippen MR) is 54.5 cm³/mol. The Balaban J connectivity index is 3.00. The summed E-state index contributed by atoms with van der Waals surface area (Å²) in [7, 11) is -0.547. The number of nitrogens with zero attached hydrogens (tertiary/aromatic N) is 1. The van der Waals surface area contributed by atoms with Crippen LogP contribution in [0.15, 0.2) is 10.5 Å². The third kappa shape index (κ3) is 2.13. The molecule has 1 heterocycles. The predicted octanol–water partition coefficient (Wildman–Crippen LogP) is 1.30. The molecule has 3 nitrogen and oxygen atoms in total. The lowest BCUT2D eigenvalue weighted by molar-refractivity contribution is 0.0823. The highest BCUT2D eigenvalue weighted by Crippen LogP contribution is 2.30. The van der Waals surface area contributed by atoms with E-state index in [1.807, 2.05) is 0 Å². The van der Waals surface area contributed by atoms with Crippen molar-refractivity contribution >= 4 is 27.9 Å². The van der Waals surface area contributed by atoms with Crippen LogP contribution in [0.25, 0.3) is 0 Å². The van der Waals surface area contributed by atoms with Crippen LogP contribution in [0.1, 0.15) is 18.7 Å². The third-order valence-electron chi connectivity index (χ3n) is 1.31. The Morgan fingerprint density at radius 2 is 2.33 bits per heavy atom. The molecule has 0 amide bonds. The van der Waals surface area contributed by atoms with Gasteiger partial charge in [0.05, 0.1) is 10.5 Å². The first kappa shape index (κ1) is 9.85. The highest BCUT2D eigenvalue weighted by atomic mass is 32.2. The van der Waals surface area contributed by atoms with Gasteiger partial charge in [-0.05, 0) is 13.8 Å². The van der Waals surface area contributed by atoms with Crippen molar-refractivity contribution < 1.29 is 5.11 Å². The average molecular weight is 204 g/mol. The number of aliphatic hydroxyl groups is 1. The molecule has 1 atom stereocenters. The van der Waals surface area contributed by atoms with Crippen LogP contribution in [0.2, 0.25) is 0 Å². The van der Waals surface area contributed by atoms with Gasteiger partial charge in [0.25, 0.3) is 0 Å². The smallest absolute Gasteiger partial charge is 0.157 e. The van der Waals surface area contributed by atoms with E-state index >= 15 is 0 Å². The van der Waals surface area contributed by atoms with E-state index in [9.17, 15) is 5.11 Å². The minimum atomic E-state index is -0.824. The maximum absolute atomic E-state index is 9.60. The molecule has 0 radical (unpaired) electrons. The summed E-state index contributed by atoms with van der Waals surface area (Å²) in [5.74, 6) is 3.68. The number of thiazole rings is 1. The van der Waals surface area contributed by atoms with Gasteiger partial charge in [-0.2, -0.15) is 0 Å². The largest absolute Gasteiger partial charge is 0.385 e. The summed E-state index contributed by atoms with van der Waals surface area (Å²) in [6.07, 6.45) is 1.65. The molecule has 1 unspecified atom stereocenters. The van der Waals surface area contributed by atoms with E-state index < -0.39 is 16.3 Å². The van der Waals surface area contributed by atoms with Crippen LogP contribution in [0.5, 0.6) is 0 Å². The molecular formula is C7H12N2OS2. The second-order valence-corrected chi connectivity index (χ2v) is 5.51. The van der Waals surface area contributed by atoms with Crippen LogP contribution in [-0.2, 0) is 5.60 Å². The number of nitrogens with two attached hydrogens (primary N) is 1. The van der Waals surface area contributed by atoms with Crippen LogP contribution in [0.3, 0.4) is 0 Å². The van der Waals surface area contributed by atoms with Crippen LogP contribution < -0.4 is 5.14 Å². The Kier molecular flexibility index (Phi) is 2.67. The van der Waals surface area contributed by atoms with Gasteiger partial charge in [-0.3, -0.25) is 5.14 Å². The zero-order chi connectivity index (χ0) is 9.35. The van der Waals surface area contributed by atoms with Crippen LogP contribution >= 0.6 is 22.0 Å². The van der Waals surface area contributed by atoms with Crippen molar-refractivity contribution in [2.45, 2.75) is 23.8 Å². The molecule has 0 spiro atoms. The summed E-state index contributed by atoms with van der Waals surface area (Å²) in [6, 6.07) is 0. The third-order valence-corrected chi connectivity index (χ3v) is 3.86. The Hall–Kier alpha value is -0.230. The fourth-order valence-electron chi connectivity index (χ4n) is 0.662. The normalized spacial score (nSPS) is 14.7. The second-order valence-electron chi connectivity index (χ2n) is 2.98. The maximum Gasteiger partial charge on any atom is 0.157 e. The molecule has 68 valence electrons. The number of aromatic nitrogens is 1. The van der Waals surface area contributed by atoms with Gasteiger partial charge < -0.3 is 5.11 Å². The fraction of sp³-hybridized carbons (Fsp3) is 0.429. The second kappa shape index (κ2) is 3.26. The molecule has 0 saturated heterocycles. The first-order chi connectivity index (χ1) is 5.41. The summed E-state index contributed by atoms with van der Waals surface area (Å²) in [6.45, 7) is 3.45. The van der Waals surface area contributed by atoms with E-state index in [1.54, 1.807) is 20.0 Å². The molecule has 0 aliphatic heterocycles. The zero-order valence-electron chi connectivity index (χ0n) is 7.07. The highest BCUT2D eigenvalue weighted by molar-refractivity contribution is 8.13. The molecule has 0 fully saturated rings. The molecule has 0 aliphatic rings. The van der Waals surface area contributed by atoms with E-state index in [1.165, 1.54) is 11.3 Å². The van der Waals surface area contributed by atoms with Gasteiger partial charge in [-0.25, -0.2) is 4.98 Å². The number of hydrogen-bond donors (Lipinski definition) is 2. The fourth-order valence-corrected chi connectivity index (χ4v) is 2.20. The van der Waals surface area contributed by atoms with Crippen molar-refractivity contribution in [3.8, 4) is 0 Å². The molecule has 1 rings (SSSR count). The van der Waals surface area contributed by atoms with Crippen LogP contribution in [0, 0.1) is 0 Å². The lowest BCUT2D eigenvalue weighted by Crippen LogP contribution is -2.12. The summed E-state index contributed by atoms with van der Waals surface area (Å²) in [5.41, 5.74) is -0.824. The van der Waals surface area contributed by atoms with Gasteiger partial charge in [-0.15, -0.1) is 11.3 Å². The number of hydrogen-bond acceptors (Lipinski definition) is 4. The van der Waals surface area contributed by atoms with E-state index in [4.69, 9.17) is 5.14 Å². The van der Waals surface area contributed by atoms with Crippen molar-refractivity contribution in [3.05, 3.63) is 11.1 Å². The minimum absolute atomic E-state index is 0.547. The number of rotatable bonds is 2. The molecule has 0 aromatic carbocycles. The molecule has 0 aliphatic carbocycles. The Morgan fingerprint density at radius 1 is 1.75 bits per heavy atom. The standard InChI is InChI=1S/C7H12N2OS2/c1-7(2,10)5-4-9-6(11-5)12(3)8/h4,10H,3,8H2,1-2H3. The molecular weight excluding hydrogens is 192 g/mol. The molecule has 1 aromatic heterocycles. The molecule has 1 aromatic rings. The molecule has 12 heavy (non-hydrogen) atoms. The average Bonchev–Trinajstić information content (AvgIpc) is 2.30. The van der Waals surface area contributed by atoms with Crippen molar-refractivity contribution in [1.29, 1.82) is 0 Å². The maximum atomic E-state index is 9.60. The highest BCUT2D eigenvalue weighted by Gasteiger charge is 2.19. The minimum Gasteiger partial charge on any atom is -0.385 e. The summed E-state index contributed by atoms with van der Waals surface area (Å²) in [5, 5.41) is 15.1. The monoisotopic (exact) mass is 204 g/mol. The van der Waals surface area contributed by atoms with E-state index in [-0.39, 0.29) is 0 Å². The summed E-state index contributed by atoms with van der Waals surface area (Å²) < 4.78 is 0.784. The SMILES string of the molecule is C=S(N)c1ncc(C(C)(C)O)s1. The molecule has 3 N–H and O–H groups in total. The van der Waals surface area contributed by atoms with Crippen molar-refractivity contribution in [1.82, 2.24) is 4.98 Å². The van der Waals surface area contributed by atoms with Gasteiger partial charge in [0.1, 0.15) is 0 Å². The Labute approximate surface area is 78.3 Å². The lowest BCUT2D eigenvalue weighted by Gasteiger charge is -2.12. The van der Waals surface area contributed by atoms with Gasteiger partial charge in [0, 0.05) is 6.20 Å².